The van der Waals surface area contributed by atoms with E-state index in [9.17, 15) is 18.4 Å². The molecular weight excluding hydrogens is 260 g/mol. The number of amides is 1. The molecule has 1 aromatic rings. The van der Waals surface area contributed by atoms with Crippen molar-refractivity contribution in [3.63, 3.8) is 0 Å². The summed E-state index contributed by atoms with van der Waals surface area (Å²) >= 11 is 0. The molecule has 0 aromatic heterocycles. The minimum Gasteiger partial charge on any atom is -0.484 e. The standard InChI is InChI=1S/C12H13F2NO4/c1-15(6-12(17)18-2)11(16)7-19-10-4-8(13)3-9(14)5-10/h3-5H,6-7H2,1-2H3. The van der Waals surface area contributed by atoms with Gasteiger partial charge in [-0.2, -0.15) is 0 Å². The molecule has 0 radical (unpaired) electrons. The summed E-state index contributed by atoms with van der Waals surface area (Å²) in [7, 11) is 2.58. The van der Waals surface area contributed by atoms with Crippen molar-refractivity contribution in [2.24, 2.45) is 0 Å². The van der Waals surface area contributed by atoms with Gasteiger partial charge in [0.25, 0.3) is 5.91 Å². The highest BCUT2D eigenvalue weighted by Crippen LogP contribution is 2.15. The Kier molecular flexibility index (Phi) is 5.23. The molecule has 0 aliphatic carbocycles. The summed E-state index contributed by atoms with van der Waals surface area (Å²) in [5, 5.41) is 0. The van der Waals surface area contributed by atoms with Crippen LogP contribution in [0.2, 0.25) is 0 Å². The molecule has 0 heterocycles. The first kappa shape index (κ1) is 14.9. The molecule has 5 nitrogen and oxygen atoms in total. The Morgan fingerprint density at radius 3 is 2.32 bits per heavy atom. The first-order valence-corrected chi connectivity index (χ1v) is 5.32. The number of ether oxygens (including phenoxy) is 2. The molecule has 7 heteroatoms. The summed E-state index contributed by atoms with van der Waals surface area (Å²) in [6.07, 6.45) is 0. The second-order valence-electron chi connectivity index (χ2n) is 3.72. The largest absolute Gasteiger partial charge is 0.484 e. The number of halogens is 2. The SMILES string of the molecule is COC(=O)CN(C)C(=O)COc1cc(F)cc(F)c1. The van der Waals surface area contributed by atoms with Gasteiger partial charge >= 0.3 is 5.97 Å². The molecule has 0 atom stereocenters. The number of carbonyl (C=O) groups is 2. The summed E-state index contributed by atoms with van der Waals surface area (Å²) in [6, 6.07) is 2.60. The minimum absolute atomic E-state index is 0.0997. The Morgan fingerprint density at radius 1 is 1.21 bits per heavy atom. The van der Waals surface area contributed by atoms with Crippen LogP contribution in [0, 0.1) is 11.6 Å². The van der Waals surface area contributed by atoms with Gasteiger partial charge in [0, 0.05) is 25.2 Å². The molecule has 0 N–H and O–H groups in total. The number of nitrogens with zero attached hydrogens (tertiary/aromatic N) is 1. The van der Waals surface area contributed by atoms with Crippen LogP contribution < -0.4 is 4.74 Å². The number of likely N-dealkylation sites (N-methyl/N-ethyl adjacent to an activating group) is 1. The molecule has 1 rings (SSSR count). The van der Waals surface area contributed by atoms with Gasteiger partial charge in [0.1, 0.15) is 23.9 Å². The van der Waals surface area contributed by atoms with Gasteiger partial charge in [-0.05, 0) is 0 Å². The summed E-state index contributed by atoms with van der Waals surface area (Å²) < 4.78 is 35.0. The van der Waals surface area contributed by atoms with Crippen LogP contribution in [-0.4, -0.2) is 44.1 Å². The van der Waals surface area contributed by atoms with Crippen LogP contribution in [0.1, 0.15) is 0 Å². The smallest absolute Gasteiger partial charge is 0.325 e. The highest BCUT2D eigenvalue weighted by atomic mass is 19.1. The van der Waals surface area contributed by atoms with E-state index < -0.39 is 30.1 Å². The maximum atomic E-state index is 12.9. The predicted octanol–water partition coefficient (Wildman–Crippen LogP) is 0.975. The average molecular weight is 273 g/mol. The van der Waals surface area contributed by atoms with E-state index in [0.717, 1.165) is 17.0 Å². The fraction of sp³-hybridized carbons (Fsp3) is 0.333. The zero-order chi connectivity index (χ0) is 14.4. The Hall–Kier alpha value is -2.18. The first-order valence-electron chi connectivity index (χ1n) is 5.32. The van der Waals surface area contributed by atoms with Crippen molar-refractivity contribution >= 4 is 11.9 Å². The van der Waals surface area contributed by atoms with E-state index in [2.05, 4.69) is 4.74 Å². The van der Waals surface area contributed by atoms with Crippen molar-refractivity contribution in [1.29, 1.82) is 0 Å². The van der Waals surface area contributed by atoms with Crippen molar-refractivity contribution < 1.29 is 27.8 Å². The summed E-state index contributed by atoms with van der Waals surface area (Å²) in [5.41, 5.74) is 0. The highest BCUT2D eigenvalue weighted by molar-refractivity contribution is 5.82. The quantitative estimate of drug-likeness (QED) is 0.750. The van der Waals surface area contributed by atoms with E-state index in [1.54, 1.807) is 0 Å². The van der Waals surface area contributed by atoms with E-state index in [1.807, 2.05) is 0 Å². The van der Waals surface area contributed by atoms with Crippen LogP contribution in [0.15, 0.2) is 18.2 Å². The normalized spacial score (nSPS) is 9.89. The molecule has 0 aliphatic heterocycles. The van der Waals surface area contributed by atoms with Crippen LogP contribution >= 0.6 is 0 Å². The fourth-order valence-corrected chi connectivity index (χ4v) is 1.21. The maximum Gasteiger partial charge on any atom is 0.325 e. The van der Waals surface area contributed by atoms with Gasteiger partial charge in [0.05, 0.1) is 7.11 Å². The predicted molar refractivity (Wildman–Crippen MR) is 61.5 cm³/mol. The van der Waals surface area contributed by atoms with Crippen LogP contribution in [0.5, 0.6) is 5.75 Å². The highest BCUT2D eigenvalue weighted by Gasteiger charge is 2.14. The fourth-order valence-electron chi connectivity index (χ4n) is 1.21. The Morgan fingerprint density at radius 2 is 1.79 bits per heavy atom. The summed E-state index contributed by atoms with van der Waals surface area (Å²) in [5.74, 6) is -2.80. The van der Waals surface area contributed by atoms with E-state index >= 15 is 0 Å². The van der Waals surface area contributed by atoms with Gasteiger partial charge < -0.3 is 14.4 Å². The van der Waals surface area contributed by atoms with Crippen LogP contribution in [-0.2, 0) is 14.3 Å². The monoisotopic (exact) mass is 273 g/mol. The molecule has 0 fully saturated rings. The van der Waals surface area contributed by atoms with Gasteiger partial charge in [0.2, 0.25) is 0 Å². The number of benzene rings is 1. The molecular formula is C12H13F2NO4. The Labute approximate surface area is 108 Å². The van der Waals surface area contributed by atoms with E-state index in [4.69, 9.17) is 4.74 Å². The van der Waals surface area contributed by atoms with Crippen LogP contribution in [0.3, 0.4) is 0 Å². The van der Waals surface area contributed by atoms with Crippen LogP contribution in [0.4, 0.5) is 8.78 Å². The van der Waals surface area contributed by atoms with Gasteiger partial charge in [-0.3, -0.25) is 9.59 Å². The minimum atomic E-state index is -0.801. The Bertz CT molecular complexity index is 459. The average Bonchev–Trinajstić information content (AvgIpc) is 2.34. The van der Waals surface area contributed by atoms with E-state index in [1.165, 1.54) is 14.2 Å². The van der Waals surface area contributed by atoms with Gasteiger partial charge in [-0.15, -0.1) is 0 Å². The Balaban J connectivity index is 2.51. The third-order valence-corrected chi connectivity index (χ3v) is 2.22. The number of esters is 1. The molecule has 0 saturated carbocycles. The third kappa shape index (κ3) is 4.90. The zero-order valence-corrected chi connectivity index (χ0v) is 10.5. The molecule has 0 spiro atoms. The molecule has 0 unspecified atom stereocenters. The van der Waals surface area contributed by atoms with Crippen molar-refractivity contribution in [2.75, 3.05) is 27.3 Å². The lowest BCUT2D eigenvalue weighted by atomic mass is 10.3. The number of methoxy groups -OCH3 is 1. The third-order valence-electron chi connectivity index (χ3n) is 2.22. The molecule has 0 saturated heterocycles. The summed E-state index contributed by atoms with van der Waals surface area (Å²) in [6.45, 7) is -0.660. The second kappa shape index (κ2) is 6.67. The molecule has 1 aromatic carbocycles. The number of hydrogen-bond donors (Lipinski definition) is 0. The van der Waals surface area contributed by atoms with Crippen LogP contribution in [0.25, 0.3) is 0 Å². The summed E-state index contributed by atoms with van der Waals surface area (Å²) in [4.78, 5) is 23.6. The van der Waals surface area contributed by atoms with Gasteiger partial charge in [0.15, 0.2) is 6.61 Å². The molecule has 1 amide bonds. The molecule has 19 heavy (non-hydrogen) atoms. The van der Waals surface area contributed by atoms with E-state index in [-0.39, 0.29) is 12.3 Å². The number of hydrogen-bond acceptors (Lipinski definition) is 4. The van der Waals surface area contributed by atoms with Gasteiger partial charge in [-0.25, -0.2) is 8.78 Å². The topological polar surface area (TPSA) is 55.8 Å². The van der Waals surface area contributed by atoms with Crippen molar-refractivity contribution in [3.8, 4) is 5.75 Å². The molecule has 104 valence electrons. The zero-order valence-electron chi connectivity index (χ0n) is 10.5. The lowest BCUT2D eigenvalue weighted by Crippen LogP contribution is -2.35. The second-order valence-corrected chi connectivity index (χ2v) is 3.72. The van der Waals surface area contributed by atoms with Crippen molar-refractivity contribution in [1.82, 2.24) is 4.90 Å². The van der Waals surface area contributed by atoms with Crippen molar-refractivity contribution in [2.45, 2.75) is 0 Å². The maximum absolute atomic E-state index is 12.9. The number of carbonyl (C=O) groups excluding carboxylic acids is 2. The first-order chi connectivity index (χ1) is 8.92. The van der Waals surface area contributed by atoms with Crippen molar-refractivity contribution in [3.05, 3.63) is 29.8 Å². The van der Waals surface area contributed by atoms with E-state index in [0.29, 0.717) is 6.07 Å². The lowest BCUT2D eigenvalue weighted by molar-refractivity contribution is -0.146. The van der Waals surface area contributed by atoms with Gasteiger partial charge in [-0.1, -0.05) is 0 Å². The molecule has 0 aliphatic rings. The number of rotatable bonds is 5. The lowest BCUT2D eigenvalue weighted by Gasteiger charge is -2.15. The molecule has 0 bridgehead atoms.